The predicted octanol–water partition coefficient (Wildman–Crippen LogP) is 1.03. The minimum absolute atomic E-state index is 0.0219. The quantitative estimate of drug-likeness (QED) is 0.758. The number of ether oxygens (including phenoxy) is 1. The molecule has 1 rings (SSSR count). The first-order chi connectivity index (χ1) is 8.95. The van der Waals surface area contributed by atoms with E-state index >= 15 is 0 Å². The summed E-state index contributed by atoms with van der Waals surface area (Å²) in [5, 5.41) is 2.97. The highest BCUT2D eigenvalue weighted by Gasteiger charge is 2.28. The summed E-state index contributed by atoms with van der Waals surface area (Å²) in [6.45, 7) is 8.12. The van der Waals surface area contributed by atoms with Gasteiger partial charge in [-0.05, 0) is 32.2 Å². The molecule has 19 heavy (non-hydrogen) atoms. The molecule has 1 fully saturated rings. The highest BCUT2D eigenvalue weighted by molar-refractivity contribution is 5.77. The Morgan fingerprint density at radius 1 is 1.37 bits per heavy atom. The van der Waals surface area contributed by atoms with Gasteiger partial charge in [0.05, 0.1) is 7.11 Å². The van der Waals surface area contributed by atoms with Crippen LogP contribution in [0.2, 0.25) is 0 Å². The van der Waals surface area contributed by atoms with Crippen molar-refractivity contribution >= 4 is 11.9 Å². The first kappa shape index (κ1) is 16.0. The Kier molecular flexibility index (Phi) is 6.28. The number of nitrogens with one attached hydrogen (secondary N) is 1. The summed E-state index contributed by atoms with van der Waals surface area (Å²) in [6.07, 6.45) is 2.16. The van der Waals surface area contributed by atoms with E-state index in [1.54, 1.807) is 0 Å². The molecule has 1 heterocycles. The van der Waals surface area contributed by atoms with Crippen LogP contribution in [0.1, 0.15) is 33.6 Å². The van der Waals surface area contributed by atoms with E-state index in [9.17, 15) is 9.59 Å². The van der Waals surface area contributed by atoms with Gasteiger partial charge < -0.3 is 10.1 Å². The zero-order chi connectivity index (χ0) is 14.4. The van der Waals surface area contributed by atoms with Crippen molar-refractivity contribution in [2.75, 3.05) is 26.7 Å². The highest BCUT2D eigenvalue weighted by atomic mass is 16.5. The number of likely N-dealkylation sites (tertiary alicyclic amines) is 1. The number of nitrogens with zero attached hydrogens (tertiary/aromatic N) is 1. The summed E-state index contributed by atoms with van der Waals surface area (Å²) in [5.41, 5.74) is 0. The fourth-order valence-electron chi connectivity index (χ4n) is 2.38. The van der Waals surface area contributed by atoms with Crippen molar-refractivity contribution in [2.45, 2.75) is 39.7 Å². The van der Waals surface area contributed by atoms with Gasteiger partial charge in [-0.15, -0.1) is 0 Å². The van der Waals surface area contributed by atoms with Crippen molar-refractivity contribution in [2.24, 2.45) is 11.8 Å². The van der Waals surface area contributed by atoms with E-state index in [0.29, 0.717) is 12.5 Å². The molecule has 2 atom stereocenters. The van der Waals surface area contributed by atoms with Crippen molar-refractivity contribution in [3.05, 3.63) is 0 Å². The number of hydrogen-bond donors (Lipinski definition) is 1. The molecule has 0 unspecified atom stereocenters. The maximum absolute atomic E-state index is 11.6. The highest BCUT2D eigenvalue weighted by Crippen LogP contribution is 2.18. The van der Waals surface area contributed by atoms with Gasteiger partial charge >= 0.3 is 5.97 Å². The lowest BCUT2D eigenvalue weighted by Gasteiger charge is -2.35. The summed E-state index contributed by atoms with van der Waals surface area (Å²) in [4.78, 5) is 25.2. The minimum Gasteiger partial charge on any atom is -0.468 e. The van der Waals surface area contributed by atoms with Crippen LogP contribution in [-0.2, 0) is 14.3 Å². The third-order valence-electron chi connectivity index (χ3n) is 3.73. The molecule has 0 aromatic heterocycles. The molecule has 1 aliphatic heterocycles. The summed E-state index contributed by atoms with van der Waals surface area (Å²) >= 11 is 0. The first-order valence-electron chi connectivity index (χ1n) is 7.05. The van der Waals surface area contributed by atoms with E-state index in [2.05, 4.69) is 10.2 Å². The van der Waals surface area contributed by atoms with Crippen molar-refractivity contribution in [1.82, 2.24) is 10.2 Å². The molecule has 0 radical (unpaired) electrons. The van der Waals surface area contributed by atoms with Crippen molar-refractivity contribution in [3.8, 4) is 0 Å². The Hall–Kier alpha value is -1.10. The van der Waals surface area contributed by atoms with Crippen LogP contribution >= 0.6 is 0 Å². The van der Waals surface area contributed by atoms with E-state index in [4.69, 9.17) is 4.74 Å². The van der Waals surface area contributed by atoms with Gasteiger partial charge in [0.25, 0.3) is 0 Å². The molecule has 5 heteroatoms. The monoisotopic (exact) mass is 270 g/mol. The van der Waals surface area contributed by atoms with Crippen LogP contribution in [-0.4, -0.2) is 49.6 Å². The second kappa shape index (κ2) is 7.48. The van der Waals surface area contributed by atoms with Crippen molar-refractivity contribution in [1.29, 1.82) is 0 Å². The Bertz CT molecular complexity index is 318. The van der Waals surface area contributed by atoms with E-state index in [1.807, 2.05) is 20.8 Å². The Labute approximate surface area is 115 Å². The lowest BCUT2D eigenvalue weighted by molar-refractivity contribution is -0.147. The van der Waals surface area contributed by atoms with Crippen LogP contribution in [0.4, 0.5) is 0 Å². The van der Waals surface area contributed by atoms with Crippen LogP contribution in [0.25, 0.3) is 0 Å². The van der Waals surface area contributed by atoms with Gasteiger partial charge in [-0.3, -0.25) is 14.5 Å². The summed E-state index contributed by atoms with van der Waals surface area (Å²) < 4.78 is 4.78. The molecule has 110 valence electrons. The van der Waals surface area contributed by atoms with Crippen LogP contribution in [0, 0.1) is 11.8 Å². The molecule has 0 saturated carbocycles. The fraction of sp³-hybridized carbons (Fsp3) is 0.857. The van der Waals surface area contributed by atoms with E-state index < -0.39 is 0 Å². The molecule has 1 amide bonds. The van der Waals surface area contributed by atoms with Crippen LogP contribution in [0.5, 0.6) is 0 Å². The van der Waals surface area contributed by atoms with Gasteiger partial charge in [-0.2, -0.15) is 0 Å². The number of rotatable bonds is 5. The van der Waals surface area contributed by atoms with Crippen molar-refractivity contribution < 1.29 is 14.3 Å². The second-order valence-electron chi connectivity index (χ2n) is 5.60. The van der Waals surface area contributed by atoms with Gasteiger partial charge in [0, 0.05) is 19.0 Å². The molecule has 0 spiro atoms. The SMILES string of the molecule is COC(=O)[C@H](C)N1CCC[C@H](CNC(=O)C(C)C)C1. The number of carbonyl (C=O) groups is 2. The Balaban J connectivity index is 2.42. The average molecular weight is 270 g/mol. The molecule has 1 aliphatic rings. The molecule has 0 aromatic rings. The smallest absolute Gasteiger partial charge is 0.322 e. The van der Waals surface area contributed by atoms with Gasteiger partial charge in [0.15, 0.2) is 0 Å². The molecule has 1 saturated heterocycles. The number of methoxy groups -OCH3 is 1. The number of carbonyl (C=O) groups excluding carboxylic acids is 2. The van der Waals surface area contributed by atoms with Crippen molar-refractivity contribution in [3.63, 3.8) is 0 Å². The minimum atomic E-state index is -0.200. The zero-order valence-corrected chi connectivity index (χ0v) is 12.4. The molecule has 0 aliphatic carbocycles. The molecular weight excluding hydrogens is 244 g/mol. The van der Waals surface area contributed by atoms with Gasteiger partial charge in [-0.1, -0.05) is 13.8 Å². The van der Waals surface area contributed by atoms with Gasteiger partial charge in [0.1, 0.15) is 6.04 Å². The van der Waals surface area contributed by atoms with Gasteiger partial charge in [-0.25, -0.2) is 0 Å². The van der Waals surface area contributed by atoms with Crippen LogP contribution in [0.3, 0.4) is 0 Å². The third kappa shape index (κ3) is 4.82. The lowest BCUT2D eigenvalue weighted by Crippen LogP contribution is -2.48. The summed E-state index contributed by atoms with van der Waals surface area (Å²) in [7, 11) is 1.42. The summed E-state index contributed by atoms with van der Waals surface area (Å²) in [5.74, 6) is 0.349. The number of hydrogen-bond acceptors (Lipinski definition) is 4. The Morgan fingerprint density at radius 2 is 2.05 bits per heavy atom. The molecule has 0 bridgehead atoms. The Morgan fingerprint density at radius 3 is 2.63 bits per heavy atom. The van der Waals surface area contributed by atoms with E-state index in [1.165, 1.54) is 7.11 Å². The number of piperidine rings is 1. The first-order valence-corrected chi connectivity index (χ1v) is 7.05. The molecular formula is C14H26N2O3. The van der Waals surface area contributed by atoms with E-state index in [0.717, 1.165) is 25.9 Å². The van der Waals surface area contributed by atoms with Crippen LogP contribution in [0.15, 0.2) is 0 Å². The number of amides is 1. The second-order valence-corrected chi connectivity index (χ2v) is 5.60. The largest absolute Gasteiger partial charge is 0.468 e. The van der Waals surface area contributed by atoms with E-state index in [-0.39, 0.29) is 23.8 Å². The molecule has 0 aromatic carbocycles. The normalized spacial score (nSPS) is 22.1. The summed E-state index contributed by atoms with van der Waals surface area (Å²) in [6, 6.07) is -0.200. The number of esters is 1. The maximum atomic E-state index is 11.6. The van der Waals surface area contributed by atoms with Gasteiger partial charge in [0.2, 0.25) is 5.91 Å². The topological polar surface area (TPSA) is 58.6 Å². The predicted molar refractivity (Wildman–Crippen MR) is 73.6 cm³/mol. The average Bonchev–Trinajstić information content (AvgIpc) is 2.43. The fourth-order valence-corrected chi connectivity index (χ4v) is 2.38. The third-order valence-corrected chi connectivity index (χ3v) is 3.73. The van der Waals surface area contributed by atoms with Crippen LogP contribution < -0.4 is 5.32 Å². The standard InChI is InChI=1S/C14H26N2O3/c1-10(2)13(17)15-8-12-6-5-7-16(9-12)11(3)14(18)19-4/h10-12H,5-9H2,1-4H3,(H,15,17)/t11-,12+/m0/s1. The molecule has 5 nitrogen and oxygen atoms in total. The molecule has 1 N–H and O–H groups in total. The maximum Gasteiger partial charge on any atom is 0.322 e. The zero-order valence-electron chi connectivity index (χ0n) is 12.4. The lowest BCUT2D eigenvalue weighted by atomic mass is 9.96.